The van der Waals surface area contributed by atoms with Crippen molar-refractivity contribution in [3.8, 4) is 16.9 Å². The van der Waals surface area contributed by atoms with Gasteiger partial charge < -0.3 is 10.1 Å². The van der Waals surface area contributed by atoms with Crippen molar-refractivity contribution in [2.75, 3.05) is 19.5 Å². The van der Waals surface area contributed by atoms with E-state index < -0.39 is 0 Å². The first kappa shape index (κ1) is 11.7. The highest BCUT2D eigenvalue weighted by Gasteiger charge is 2.06. The van der Waals surface area contributed by atoms with Gasteiger partial charge in [0, 0.05) is 18.8 Å². The van der Waals surface area contributed by atoms with Gasteiger partial charge in [0.1, 0.15) is 11.6 Å². The zero-order valence-corrected chi connectivity index (χ0v) is 10.5. The van der Waals surface area contributed by atoms with Crippen LogP contribution in [-0.2, 0) is 0 Å². The van der Waals surface area contributed by atoms with Gasteiger partial charge in [0.15, 0.2) is 0 Å². The summed E-state index contributed by atoms with van der Waals surface area (Å²) in [6, 6.07) is 9.67. The Morgan fingerprint density at radius 2 is 1.94 bits per heavy atom. The number of hydrogen-bond donors (Lipinski definition) is 1. The van der Waals surface area contributed by atoms with Crippen molar-refractivity contribution in [2.24, 2.45) is 0 Å². The molecule has 0 bridgehead atoms. The maximum absolute atomic E-state index is 5.97. The Kier molecular flexibility index (Phi) is 3.49. The van der Waals surface area contributed by atoms with Crippen LogP contribution in [0, 0.1) is 0 Å². The maximum atomic E-state index is 5.97. The largest absolute Gasteiger partial charge is 0.497 e. The van der Waals surface area contributed by atoms with E-state index in [1.165, 1.54) is 0 Å². The minimum atomic E-state index is 0.620. The zero-order valence-electron chi connectivity index (χ0n) is 9.70. The molecule has 0 fully saturated rings. The van der Waals surface area contributed by atoms with Crippen molar-refractivity contribution in [1.29, 1.82) is 0 Å². The summed E-state index contributed by atoms with van der Waals surface area (Å²) in [5, 5.41) is 3.67. The molecule has 2 aromatic rings. The van der Waals surface area contributed by atoms with E-state index in [0.717, 1.165) is 22.7 Å². The number of ether oxygens (including phenoxy) is 1. The van der Waals surface area contributed by atoms with Gasteiger partial charge >= 0.3 is 0 Å². The van der Waals surface area contributed by atoms with Crippen LogP contribution < -0.4 is 10.1 Å². The molecule has 0 atom stereocenters. The molecule has 17 heavy (non-hydrogen) atoms. The van der Waals surface area contributed by atoms with Crippen LogP contribution in [0.4, 0.5) is 5.82 Å². The lowest BCUT2D eigenvalue weighted by Crippen LogP contribution is -1.95. The Morgan fingerprint density at radius 1 is 1.24 bits per heavy atom. The number of nitrogens with zero attached hydrogens (tertiary/aromatic N) is 1. The van der Waals surface area contributed by atoms with Gasteiger partial charge in [0.05, 0.1) is 12.1 Å². The first-order valence-corrected chi connectivity index (χ1v) is 5.60. The van der Waals surface area contributed by atoms with E-state index >= 15 is 0 Å². The molecule has 0 spiro atoms. The molecule has 0 aliphatic heterocycles. The summed E-state index contributed by atoms with van der Waals surface area (Å²) in [7, 11) is 3.48. The van der Waals surface area contributed by atoms with Crippen LogP contribution in [0.5, 0.6) is 5.75 Å². The molecule has 0 aliphatic carbocycles. The van der Waals surface area contributed by atoms with Gasteiger partial charge in [-0.1, -0.05) is 23.7 Å². The summed E-state index contributed by atoms with van der Waals surface area (Å²) in [5.74, 6) is 1.63. The molecule has 4 heteroatoms. The van der Waals surface area contributed by atoms with Crippen LogP contribution in [-0.4, -0.2) is 19.1 Å². The smallest absolute Gasteiger partial charge is 0.133 e. The minimum absolute atomic E-state index is 0.620. The average molecular weight is 249 g/mol. The Bertz CT molecular complexity index is 511. The molecular formula is C13H13ClN2O. The Hall–Kier alpha value is -1.74. The van der Waals surface area contributed by atoms with Crippen molar-refractivity contribution in [3.05, 3.63) is 41.6 Å². The molecule has 2 rings (SSSR count). The minimum Gasteiger partial charge on any atom is -0.497 e. The van der Waals surface area contributed by atoms with Gasteiger partial charge in [-0.15, -0.1) is 0 Å². The van der Waals surface area contributed by atoms with Crippen LogP contribution in [0.2, 0.25) is 5.02 Å². The number of aromatic nitrogens is 1. The molecule has 1 heterocycles. The van der Waals surface area contributed by atoms with Gasteiger partial charge in [-0.3, -0.25) is 0 Å². The second-order valence-corrected chi connectivity index (χ2v) is 3.96. The van der Waals surface area contributed by atoms with E-state index in [1.54, 1.807) is 13.3 Å². The molecule has 1 aromatic carbocycles. The summed E-state index contributed by atoms with van der Waals surface area (Å²) in [5.41, 5.74) is 2.02. The monoisotopic (exact) mass is 248 g/mol. The quantitative estimate of drug-likeness (QED) is 0.903. The molecule has 1 N–H and O–H groups in total. The number of hydrogen-bond acceptors (Lipinski definition) is 3. The Balaban J connectivity index is 2.47. The molecular weight excluding hydrogens is 236 g/mol. The number of halogens is 1. The lowest BCUT2D eigenvalue weighted by Gasteiger charge is -2.09. The number of pyridine rings is 1. The SMILES string of the molecule is CNc1ncc(Cl)cc1-c1ccc(OC)cc1. The number of anilines is 1. The fourth-order valence-corrected chi connectivity index (χ4v) is 1.79. The van der Waals surface area contributed by atoms with Gasteiger partial charge in [-0.2, -0.15) is 0 Å². The highest BCUT2D eigenvalue weighted by molar-refractivity contribution is 6.30. The van der Waals surface area contributed by atoms with Gasteiger partial charge in [0.2, 0.25) is 0 Å². The molecule has 0 radical (unpaired) electrons. The molecule has 0 amide bonds. The molecule has 0 unspecified atom stereocenters. The predicted octanol–water partition coefficient (Wildman–Crippen LogP) is 3.45. The Morgan fingerprint density at radius 3 is 2.53 bits per heavy atom. The lowest BCUT2D eigenvalue weighted by molar-refractivity contribution is 0.415. The molecule has 0 aliphatic rings. The second-order valence-electron chi connectivity index (χ2n) is 3.53. The van der Waals surface area contributed by atoms with Gasteiger partial charge in [-0.05, 0) is 23.8 Å². The average Bonchev–Trinajstić information content (AvgIpc) is 2.39. The van der Waals surface area contributed by atoms with Crippen LogP contribution in [0.15, 0.2) is 36.5 Å². The van der Waals surface area contributed by atoms with Crippen molar-refractivity contribution in [2.45, 2.75) is 0 Å². The summed E-state index contributed by atoms with van der Waals surface area (Å²) in [6.07, 6.45) is 1.63. The third kappa shape index (κ3) is 2.50. The lowest BCUT2D eigenvalue weighted by atomic mass is 10.1. The predicted molar refractivity (Wildman–Crippen MR) is 70.8 cm³/mol. The Labute approximate surface area is 105 Å². The number of nitrogens with one attached hydrogen (secondary N) is 1. The van der Waals surface area contributed by atoms with Gasteiger partial charge in [0.25, 0.3) is 0 Å². The third-order valence-corrected chi connectivity index (χ3v) is 2.70. The molecule has 0 saturated carbocycles. The second kappa shape index (κ2) is 5.06. The fraction of sp³-hybridized carbons (Fsp3) is 0.154. The third-order valence-electron chi connectivity index (χ3n) is 2.49. The number of rotatable bonds is 3. The van der Waals surface area contributed by atoms with Crippen LogP contribution in [0.1, 0.15) is 0 Å². The molecule has 3 nitrogen and oxygen atoms in total. The van der Waals surface area contributed by atoms with Crippen LogP contribution in [0.3, 0.4) is 0 Å². The summed E-state index contributed by atoms with van der Waals surface area (Å²) < 4.78 is 5.13. The van der Waals surface area contributed by atoms with Crippen LogP contribution >= 0.6 is 11.6 Å². The highest BCUT2D eigenvalue weighted by atomic mass is 35.5. The van der Waals surface area contributed by atoms with Crippen molar-refractivity contribution >= 4 is 17.4 Å². The van der Waals surface area contributed by atoms with E-state index in [0.29, 0.717) is 5.02 Å². The van der Waals surface area contributed by atoms with Crippen molar-refractivity contribution in [1.82, 2.24) is 4.98 Å². The summed E-state index contributed by atoms with van der Waals surface area (Å²) in [6.45, 7) is 0. The van der Waals surface area contributed by atoms with Gasteiger partial charge in [-0.25, -0.2) is 4.98 Å². The first-order chi connectivity index (χ1) is 8.24. The van der Waals surface area contributed by atoms with Crippen molar-refractivity contribution < 1.29 is 4.74 Å². The first-order valence-electron chi connectivity index (χ1n) is 5.22. The maximum Gasteiger partial charge on any atom is 0.133 e. The fourth-order valence-electron chi connectivity index (χ4n) is 1.63. The molecule has 1 aromatic heterocycles. The van der Waals surface area contributed by atoms with Crippen LogP contribution in [0.25, 0.3) is 11.1 Å². The molecule has 0 saturated heterocycles. The van der Waals surface area contributed by atoms with Crippen molar-refractivity contribution in [3.63, 3.8) is 0 Å². The normalized spacial score (nSPS) is 10.1. The van der Waals surface area contributed by atoms with E-state index in [1.807, 2.05) is 37.4 Å². The van der Waals surface area contributed by atoms with E-state index in [2.05, 4.69) is 10.3 Å². The highest BCUT2D eigenvalue weighted by Crippen LogP contribution is 2.29. The summed E-state index contributed by atoms with van der Waals surface area (Å²) >= 11 is 5.97. The van der Waals surface area contributed by atoms with E-state index in [4.69, 9.17) is 16.3 Å². The molecule has 88 valence electrons. The van der Waals surface area contributed by atoms with E-state index in [9.17, 15) is 0 Å². The summed E-state index contributed by atoms with van der Waals surface area (Å²) in [4.78, 5) is 4.24. The zero-order chi connectivity index (χ0) is 12.3. The topological polar surface area (TPSA) is 34.2 Å². The standard InChI is InChI=1S/C13H13ClN2O/c1-15-13-12(7-10(14)8-16-13)9-3-5-11(17-2)6-4-9/h3-8H,1-2H3,(H,15,16). The van der Waals surface area contributed by atoms with E-state index in [-0.39, 0.29) is 0 Å². The number of methoxy groups -OCH3 is 1. The number of benzene rings is 1.